The lowest BCUT2D eigenvalue weighted by molar-refractivity contribution is 0.447. The van der Waals surface area contributed by atoms with Gasteiger partial charge in [0.1, 0.15) is 0 Å². The number of hydrogen-bond acceptors (Lipinski definition) is 2. The maximum atomic E-state index is 9.15. The minimum Gasteiger partial charge on any atom is -0.299 e. The van der Waals surface area contributed by atoms with Crippen LogP contribution in [0, 0.1) is 11.3 Å². The first-order chi connectivity index (χ1) is 8.86. The van der Waals surface area contributed by atoms with Gasteiger partial charge in [0.05, 0.1) is 12.1 Å². The van der Waals surface area contributed by atoms with E-state index in [0.717, 1.165) is 6.42 Å². The van der Waals surface area contributed by atoms with E-state index in [4.69, 9.17) is 5.26 Å². The maximum absolute atomic E-state index is 9.15. The molecule has 2 nitrogen and oxygen atoms in total. The largest absolute Gasteiger partial charge is 0.299 e. The molecule has 1 rings (SSSR count). The Hall–Kier alpha value is -0.550. The van der Waals surface area contributed by atoms with Crippen LogP contribution < -0.4 is 5.32 Å². The smallest absolute Gasteiger partial charge is 0.0955 e. The van der Waals surface area contributed by atoms with Gasteiger partial charge in [0.25, 0.3) is 0 Å². The highest BCUT2D eigenvalue weighted by Crippen LogP contribution is 2.19. The van der Waals surface area contributed by atoms with Gasteiger partial charge in [-0.05, 0) is 19.3 Å². The van der Waals surface area contributed by atoms with Crippen LogP contribution in [0.4, 0.5) is 0 Å². The quantitative estimate of drug-likeness (QED) is 0.577. The Labute approximate surface area is 113 Å². The molecule has 1 N–H and O–H groups in total. The van der Waals surface area contributed by atoms with E-state index >= 15 is 0 Å². The van der Waals surface area contributed by atoms with E-state index in [9.17, 15) is 0 Å². The van der Waals surface area contributed by atoms with Crippen molar-refractivity contribution in [1.29, 1.82) is 5.26 Å². The molecule has 0 spiro atoms. The highest BCUT2D eigenvalue weighted by Gasteiger charge is 2.18. The van der Waals surface area contributed by atoms with Crippen molar-refractivity contribution < 1.29 is 0 Å². The SMILES string of the molecule is CCCCCCCCCC(C#N)NC1CCCC1. The molecule has 0 heterocycles. The van der Waals surface area contributed by atoms with E-state index in [-0.39, 0.29) is 6.04 Å². The normalized spacial score (nSPS) is 17.8. The summed E-state index contributed by atoms with van der Waals surface area (Å²) in [7, 11) is 0. The van der Waals surface area contributed by atoms with Crippen LogP contribution in [0.1, 0.15) is 84.0 Å². The number of nitrogens with one attached hydrogen (secondary N) is 1. The van der Waals surface area contributed by atoms with Crippen LogP contribution in [-0.2, 0) is 0 Å². The first-order valence-electron chi connectivity index (χ1n) is 8.02. The van der Waals surface area contributed by atoms with Gasteiger partial charge in [0.2, 0.25) is 0 Å². The Kier molecular flexibility index (Phi) is 8.94. The molecule has 0 bridgehead atoms. The number of unbranched alkanes of at least 4 members (excludes halogenated alkanes) is 6. The summed E-state index contributed by atoms with van der Waals surface area (Å²) < 4.78 is 0. The van der Waals surface area contributed by atoms with Crippen molar-refractivity contribution in [1.82, 2.24) is 5.32 Å². The summed E-state index contributed by atoms with van der Waals surface area (Å²) in [6.07, 6.45) is 15.6. The lowest BCUT2D eigenvalue weighted by Crippen LogP contribution is -2.35. The Bertz CT molecular complexity index is 226. The van der Waals surface area contributed by atoms with Crippen molar-refractivity contribution >= 4 is 0 Å². The maximum Gasteiger partial charge on any atom is 0.0955 e. The molecule has 1 fully saturated rings. The van der Waals surface area contributed by atoms with E-state index in [2.05, 4.69) is 18.3 Å². The fourth-order valence-corrected chi connectivity index (χ4v) is 2.87. The summed E-state index contributed by atoms with van der Waals surface area (Å²) in [6.45, 7) is 2.26. The van der Waals surface area contributed by atoms with Crippen LogP contribution in [0.3, 0.4) is 0 Å². The Balaban J connectivity index is 1.96. The average molecular weight is 250 g/mol. The zero-order valence-electron chi connectivity index (χ0n) is 12.1. The number of hydrogen-bond donors (Lipinski definition) is 1. The lowest BCUT2D eigenvalue weighted by atomic mass is 10.0. The van der Waals surface area contributed by atoms with Crippen LogP contribution in [0.15, 0.2) is 0 Å². The van der Waals surface area contributed by atoms with Crippen molar-refractivity contribution in [2.24, 2.45) is 0 Å². The van der Waals surface area contributed by atoms with Gasteiger partial charge < -0.3 is 0 Å². The molecule has 0 aromatic rings. The molecule has 0 aliphatic heterocycles. The van der Waals surface area contributed by atoms with Crippen molar-refractivity contribution in [3.05, 3.63) is 0 Å². The van der Waals surface area contributed by atoms with E-state index in [1.807, 2.05) is 0 Å². The Morgan fingerprint density at radius 2 is 1.67 bits per heavy atom. The van der Waals surface area contributed by atoms with Gasteiger partial charge in [-0.15, -0.1) is 0 Å². The summed E-state index contributed by atoms with van der Waals surface area (Å²) in [5, 5.41) is 12.7. The molecule has 1 atom stereocenters. The number of nitrogens with zero attached hydrogens (tertiary/aromatic N) is 1. The average Bonchev–Trinajstić information content (AvgIpc) is 2.89. The van der Waals surface area contributed by atoms with Crippen molar-refractivity contribution in [3.8, 4) is 6.07 Å². The third kappa shape index (κ3) is 7.01. The monoisotopic (exact) mass is 250 g/mol. The van der Waals surface area contributed by atoms with Crippen LogP contribution in [0.25, 0.3) is 0 Å². The summed E-state index contributed by atoms with van der Waals surface area (Å²) in [5.41, 5.74) is 0. The second kappa shape index (κ2) is 10.4. The summed E-state index contributed by atoms with van der Waals surface area (Å²) in [4.78, 5) is 0. The molecule has 104 valence electrons. The highest BCUT2D eigenvalue weighted by molar-refractivity contribution is 4.92. The van der Waals surface area contributed by atoms with Crippen LogP contribution in [-0.4, -0.2) is 12.1 Å². The molecule has 18 heavy (non-hydrogen) atoms. The van der Waals surface area contributed by atoms with Crippen molar-refractivity contribution in [3.63, 3.8) is 0 Å². The van der Waals surface area contributed by atoms with Crippen LogP contribution in [0.2, 0.25) is 0 Å². The number of rotatable bonds is 10. The van der Waals surface area contributed by atoms with E-state index in [0.29, 0.717) is 6.04 Å². The third-order valence-electron chi connectivity index (χ3n) is 4.04. The molecular weight excluding hydrogens is 220 g/mol. The first-order valence-corrected chi connectivity index (χ1v) is 8.02. The molecular formula is C16H30N2. The molecule has 1 aliphatic carbocycles. The highest BCUT2D eigenvalue weighted by atomic mass is 14.9. The Morgan fingerprint density at radius 3 is 2.28 bits per heavy atom. The van der Waals surface area contributed by atoms with E-state index < -0.39 is 0 Å². The lowest BCUT2D eigenvalue weighted by Gasteiger charge is -2.16. The van der Waals surface area contributed by atoms with Gasteiger partial charge in [0.15, 0.2) is 0 Å². The summed E-state index contributed by atoms with van der Waals surface area (Å²) in [6, 6.07) is 3.15. The molecule has 0 saturated heterocycles. The molecule has 1 saturated carbocycles. The molecule has 1 unspecified atom stereocenters. The van der Waals surface area contributed by atoms with Crippen LogP contribution >= 0.6 is 0 Å². The van der Waals surface area contributed by atoms with Gasteiger partial charge in [-0.3, -0.25) is 5.32 Å². The van der Waals surface area contributed by atoms with Crippen LogP contribution in [0.5, 0.6) is 0 Å². The standard InChI is InChI=1S/C16H30N2/c1-2-3-4-5-6-7-8-13-16(14-17)18-15-11-9-10-12-15/h15-16,18H,2-13H2,1H3. The minimum absolute atomic E-state index is 0.101. The zero-order valence-corrected chi connectivity index (χ0v) is 12.1. The molecule has 0 radical (unpaired) electrons. The topological polar surface area (TPSA) is 35.8 Å². The van der Waals surface area contributed by atoms with Gasteiger partial charge >= 0.3 is 0 Å². The van der Waals surface area contributed by atoms with Gasteiger partial charge in [-0.25, -0.2) is 0 Å². The summed E-state index contributed by atoms with van der Waals surface area (Å²) >= 11 is 0. The first kappa shape index (κ1) is 15.5. The molecule has 0 aromatic carbocycles. The predicted molar refractivity (Wildman–Crippen MR) is 77.4 cm³/mol. The number of nitriles is 1. The second-order valence-electron chi connectivity index (χ2n) is 5.74. The fourth-order valence-electron chi connectivity index (χ4n) is 2.87. The van der Waals surface area contributed by atoms with Crippen molar-refractivity contribution in [2.45, 2.75) is 96.1 Å². The van der Waals surface area contributed by atoms with E-state index in [1.165, 1.54) is 70.6 Å². The zero-order chi connectivity index (χ0) is 13.1. The van der Waals surface area contributed by atoms with Gasteiger partial charge in [0, 0.05) is 6.04 Å². The third-order valence-corrected chi connectivity index (χ3v) is 4.04. The second-order valence-corrected chi connectivity index (χ2v) is 5.74. The van der Waals surface area contributed by atoms with Crippen molar-refractivity contribution in [2.75, 3.05) is 0 Å². The van der Waals surface area contributed by atoms with Gasteiger partial charge in [-0.1, -0.05) is 64.7 Å². The van der Waals surface area contributed by atoms with E-state index in [1.54, 1.807) is 0 Å². The predicted octanol–water partition coefficient (Wildman–Crippen LogP) is 4.55. The molecule has 2 heteroatoms. The summed E-state index contributed by atoms with van der Waals surface area (Å²) in [5.74, 6) is 0. The molecule has 1 aliphatic rings. The molecule has 0 aromatic heterocycles. The Morgan fingerprint density at radius 1 is 1.06 bits per heavy atom. The van der Waals surface area contributed by atoms with Gasteiger partial charge in [-0.2, -0.15) is 5.26 Å². The minimum atomic E-state index is 0.101. The fraction of sp³-hybridized carbons (Fsp3) is 0.938. The molecule has 0 amide bonds.